The summed E-state index contributed by atoms with van der Waals surface area (Å²) >= 11 is 0. The Morgan fingerprint density at radius 1 is 1.00 bits per heavy atom. The molecule has 2 N–H and O–H groups in total. The van der Waals surface area contributed by atoms with Crippen LogP contribution in [-0.4, -0.2) is 18.6 Å². The highest BCUT2D eigenvalue weighted by Gasteiger charge is 2.30. The van der Waals surface area contributed by atoms with Crippen LogP contribution < -0.4 is 10.6 Å². The highest BCUT2D eigenvalue weighted by Crippen LogP contribution is 2.30. The van der Waals surface area contributed by atoms with E-state index in [0.717, 1.165) is 12.1 Å². The molecule has 0 aliphatic heterocycles. The molecule has 0 atom stereocenters. The first-order valence-electron chi connectivity index (χ1n) is 7.32. The molecule has 0 saturated heterocycles. The molecular formula is C17H15F3N2O3. The number of hydrogen-bond acceptors (Lipinski definition) is 3. The molecule has 2 aromatic rings. The average molecular weight is 352 g/mol. The van der Waals surface area contributed by atoms with E-state index in [9.17, 15) is 22.8 Å². The lowest BCUT2D eigenvalue weighted by Crippen LogP contribution is -2.15. The van der Waals surface area contributed by atoms with Crippen molar-refractivity contribution in [3.63, 3.8) is 0 Å². The van der Waals surface area contributed by atoms with E-state index >= 15 is 0 Å². The number of amides is 2. The molecule has 0 heterocycles. The highest BCUT2D eigenvalue weighted by molar-refractivity contribution is 6.04. The maximum atomic E-state index is 12.7. The number of ether oxygens (including phenoxy) is 1. The lowest BCUT2D eigenvalue weighted by Gasteiger charge is -2.10. The van der Waals surface area contributed by atoms with E-state index in [0.29, 0.717) is 5.69 Å². The second kappa shape index (κ2) is 7.69. The standard InChI is InChI=1S/C17H15F3N2O3/c1-2-25-16(24)22-13-8-6-11(7-9-13)15(23)21-14-5-3-4-12(10-14)17(18,19)20/h3-10H,2H2,1H3,(H,21,23)(H,22,24). The molecule has 0 bridgehead atoms. The van der Waals surface area contributed by atoms with Crippen LogP contribution in [0.2, 0.25) is 0 Å². The number of carbonyl (C=O) groups is 2. The monoisotopic (exact) mass is 352 g/mol. The Bertz CT molecular complexity index is 758. The first kappa shape index (κ1) is 18.3. The Labute approximate surface area is 141 Å². The zero-order chi connectivity index (χ0) is 18.4. The zero-order valence-electron chi connectivity index (χ0n) is 13.2. The molecule has 0 radical (unpaired) electrons. The van der Waals surface area contributed by atoms with E-state index in [1.807, 2.05) is 0 Å². The Kier molecular flexibility index (Phi) is 5.63. The second-order valence-electron chi connectivity index (χ2n) is 4.96. The lowest BCUT2D eigenvalue weighted by atomic mass is 10.1. The van der Waals surface area contributed by atoms with Gasteiger partial charge in [-0.25, -0.2) is 4.79 Å². The number of anilines is 2. The lowest BCUT2D eigenvalue weighted by molar-refractivity contribution is -0.137. The van der Waals surface area contributed by atoms with Crippen LogP contribution in [0, 0.1) is 0 Å². The summed E-state index contributed by atoms with van der Waals surface area (Å²) in [5.41, 5.74) is -0.159. The van der Waals surface area contributed by atoms with Crippen molar-refractivity contribution in [1.29, 1.82) is 0 Å². The maximum absolute atomic E-state index is 12.7. The van der Waals surface area contributed by atoms with Gasteiger partial charge in [-0.1, -0.05) is 6.07 Å². The SMILES string of the molecule is CCOC(=O)Nc1ccc(C(=O)Nc2cccc(C(F)(F)F)c2)cc1. The first-order chi connectivity index (χ1) is 11.8. The van der Waals surface area contributed by atoms with Crippen LogP contribution in [0.15, 0.2) is 48.5 Å². The third-order valence-corrected chi connectivity index (χ3v) is 3.12. The van der Waals surface area contributed by atoms with Crippen LogP contribution in [0.4, 0.5) is 29.3 Å². The van der Waals surface area contributed by atoms with Crippen LogP contribution in [0.1, 0.15) is 22.8 Å². The Morgan fingerprint density at radius 3 is 2.28 bits per heavy atom. The largest absolute Gasteiger partial charge is 0.450 e. The van der Waals surface area contributed by atoms with Gasteiger partial charge in [0.1, 0.15) is 0 Å². The van der Waals surface area contributed by atoms with Crippen molar-refractivity contribution in [2.75, 3.05) is 17.2 Å². The molecule has 0 fully saturated rings. The van der Waals surface area contributed by atoms with Gasteiger partial charge in [-0.3, -0.25) is 10.1 Å². The van der Waals surface area contributed by atoms with Crippen molar-refractivity contribution >= 4 is 23.4 Å². The smallest absolute Gasteiger partial charge is 0.416 e. The third kappa shape index (κ3) is 5.23. The first-order valence-corrected chi connectivity index (χ1v) is 7.32. The van der Waals surface area contributed by atoms with Gasteiger partial charge in [-0.2, -0.15) is 13.2 Å². The van der Waals surface area contributed by atoms with Gasteiger partial charge in [-0.05, 0) is 49.4 Å². The van der Waals surface area contributed by atoms with Gasteiger partial charge in [0.2, 0.25) is 0 Å². The molecule has 0 aliphatic rings. The number of halogens is 3. The van der Waals surface area contributed by atoms with Gasteiger partial charge >= 0.3 is 12.3 Å². The molecule has 0 spiro atoms. The van der Waals surface area contributed by atoms with E-state index in [-0.39, 0.29) is 17.9 Å². The number of benzene rings is 2. The fourth-order valence-corrected chi connectivity index (χ4v) is 1.97. The van der Waals surface area contributed by atoms with Gasteiger partial charge in [0.05, 0.1) is 12.2 Å². The van der Waals surface area contributed by atoms with Crippen molar-refractivity contribution in [1.82, 2.24) is 0 Å². The predicted molar refractivity (Wildman–Crippen MR) is 86.5 cm³/mol. The molecule has 0 aromatic heterocycles. The molecule has 2 rings (SSSR count). The molecule has 5 nitrogen and oxygen atoms in total. The van der Waals surface area contributed by atoms with Gasteiger partial charge in [0.15, 0.2) is 0 Å². The third-order valence-electron chi connectivity index (χ3n) is 3.12. The summed E-state index contributed by atoms with van der Waals surface area (Å²) < 4.78 is 42.7. The number of alkyl halides is 3. The second-order valence-corrected chi connectivity index (χ2v) is 4.96. The molecule has 0 saturated carbocycles. The van der Waals surface area contributed by atoms with Gasteiger partial charge < -0.3 is 10.1 Å². The summed E-state index contributed by atoms with van der Waals surface area (Å²) in [7, 11) is 0. The minimum atomic E-state index is -4.48. The molecule has 0 aliphatic carbocycles. The van der Waals surface area contributed by atoms with E-state index in [1.54, 1.807) is 6.92 Å². The van der Waals surface area contributed by atoms with Gasteiger partial charge in [0, 0.05) is 16.9 Å². The summed E-state index contributed by atoms with van der Waals surface area (Å²) in [5.74, 6) is -0.568. The van der Waals surface area contributed by atoms with E-state index in [4.69, 9.17) is 4.74 Å². The molecule has 0 unspecified atom stereocenters. The number of carbonyl (C=O) groups excluding carboxylic acids is 2. The maximum Gasteiger partial charge on any atom is 0.416 e. The minimum absolute atomic E-state index is 0.0357. The quantitative estimate of drug-likeness (QED) is 0.850. The molecule has 2 amide bonds. The normalized spacial score (nSPS) is 10.9. The molecular weight excluding hydrogens is 337 g/mol. The highest BCUT2D eigenvalue weighted by atomic mass is 19.4. The Balaban J connectivity index is 2.05. The summed E-state index contributed by atoms with van der Waals surface area (Å²) in [6.07, 6.45) is -5.11. The van der Waals surface area contributed by atoms with Crippen molar-refractivity contribution in [3.8, 4) is 0 Å². The number of hydrogen-bond donors (Lipinski definition) is 2. The Morgan fingerprint density at radius 2 is 1.68 bits per heavy atom. The van der Waals surface area contributed by atoms with Crippen molar-refractivity contribution in [2.45, 2.75) is 13.1 Å². The summed E-state index contributed by atoms with van der Waals surface area (Å²) in [5, 5.41) is 4.87. The molecule has 2 aromatic carbocycles. The van der Waals surface area contributed by atoms with E-state index < -0.39 is 23.7 Å². The van der Waals surface area contributed by atoms with E-state index in [1.165, 1.54) is 36.4 Å². The predicted octanol–water partition coefficient (Wildman–Crippen LogP) is 4.53. The molecule has 8 heteroatoms. The topological polar surface area (TPSA) is 67.4 Å². The van der Waals surface area contributed by atoms with Gasteiger partial charge in [-0.15, -0.1) is 0 Å². The van der Waals surface area contributed by atoms with Crippen LogP contribution in [0.25, 0.3) is 0 Å². The number of nitrogens with one attached hydrogen (secondary N) is 2. The van der Waals surface area contributed by atoms with Crippen molar-refractivity contribution < 1.29 is 27.5 Å². The van der Waals surface area contributed by atoms with Crippen molar-refractivity contribution in [3.05, 3.63) is 59.7 Å². The van der Waals surface area contributed by atoms with Crippen LogP contribution in [0.5, 0.6) is 0 Å². The fourth-order valence-electron chi connectivity index (χ4n) is 1.97. The minimum Gasteiger partial charge on any atom is -0.450 e. The summed E-state index contributed by atoms with van der Waals surface area (Å²) in [4.78, 5) is 23.4. The Hall–Kier alpha value is -3.03. The van der Waals surface area contributed by atoms with E-state index in [2.05, 4.69) is 10.6 Å². The van der Waals surface area contributed by atoms with Crippen LogP contribution in [0.3, 0.4) is 0 Å². The van der Waals surface area contributed by atoms with Crippen LogP contribution >= 0.6 is 0 Å². The van der Waals surface area contributed by atoms with Crippen LogP contribution in [-0.2, 0) is 10.9 Å². The average Bonchev–Trinajstić information content (AvgIpc) is 2.55. The van der Waals surface area contributed by atoms with Crippen molar-refractivity contribution in [2.24, 2.45) is 0 Å². The summed E-state index contributed by atoms with van der Waals surface area (Å²) in [6.45, 7) is 1.89. The molecule has 132 valence electrons. The zero-order valence-corrected chi connectivity index (χ0v) is 13.2. The fraction of sp³-hybridized carbons (Fsp3) is 0.176. The van der Waals surface area contributed by atoms with Gasteiger partial charge in [0.25, 0.3) is 5.91 Å². The number of rotatable bonds is 4. The molecule has 25 heavy (non-hydrogen) atoms. The summed E-state index contributed by atoms with van der Waals surface area (Å²) in [6, 6.07) is 10.2.